The van der Waals surface area contributed by atoms with Gasteiger partial charge in [0.05, 0.1) is 23.9 Å². The van der Waals surface area contributed by atoms with Gasteiger partial charge in [-0.05, 0) is 49.7 Å². The quantitative estimate of drug-likeness (QED) is 0.671. The van der Waals surface area contributed by atoms with Gasteiger partial charge in [-0.15, -0.1) is 0 Å². The Hall–Kier alpha value is -2.67. The second-order valence-corrected chi connectivity index (χ2v) is 6.96. The monoisotopic (exact) mass is 414 g/mol. The summed E-state index contributed by atoms with van der Waals surface area (Å²) < 4.78 is 2.74. The van der Waals surface area contributed by atoms with Crippen LogP contribution in [-0.4, -0.2) is 27.9 Å². The molecule has 0 saturated heterocycles. The number of benzene rings is 2. The van der Waals surface area contributed by atoms with E-state index in [0.29, 0.717) is 0 Å². The first-order valence-electron chi connectivity index (χ1n) is 8.21. The number of para-hydroxylation sites is 2. The van der Waals surface area contributed by atoms with Crippen LogP contribution in [0.3, 0.4) is 0 Å². The number of anilines is 1. The Balaban J connectivity index is 1.60. The van der Waals surface area contributed by atoms with Crippen molar-refractivity contribution in [1.82, 2.24) is 14.9 Å². The highest BCUT2D eigenvalue weighted by molar-refractivity contribution is 9.10. The summed E-state index contributed by atoms with van der Waals surface area (Å²) in [5, 5.41) is 5.48. The normalized spacial score (nSPS) is 12.0. The van der Waals surface area contributed by atoms with Crippen LogP contribution in [0, 0.1) is 6.92 Å². The number of hydrogen-bond donors (Lipinski definition) is 2. The Morgan fingerprint density at radius 2 is 2.00 bits per heavy atom. The number of aromatic nitrogens is 2. The topological polar surface area (TPSA) is 76.0 Å². The van der Waals surface area contributed by atoms with Gasteiger partial charge in [-0.2, -0.15) is 0 Å². The van der Waals surface area contributed by atoms with E-state index in [1.807, 2.05) is 49.4 Å². The van der Waals surface area contributed by atoms with E-state index in [0.717, 1.165) is 26.8 Å². The first-order valence-corrected chi connectivity index (χ1v) is 9.00. The van der Waals surface area contributed by atoms with Crippen molar-refractivity contribution in [3.63, 3.8) is 0 Å². The summed E-state index contributed by atoms with van der Waals surface area (Å²) in [7, 11) is 0. The molecule has 1 aromatic heterocycles. The van der Waals surface area contributed by atoms with Crippen LogP contribution in [-0.2, 0) is 9.59 Å². The number of nitrogens with one attached hydrogen (secondary N) is 2. The molecule has 0 aliphatic heterocycles. The fourth-order valence-electron chi connectivity index (χ4n) is 2.69. The van der Waals surface area contributed by atoms with Gasteiger partial charge < -0.3 is 15.2 Å². The molecule has 2 aromatic carbocycles. The van der Waals surface area contributed by atoms with Gasteiger partial charge in [0.25, 0.3) is 0 Å². The van der Waals surface area contributed by atoms with Crippen LogP contribution >= 0.6 is 15.9 Å². The molecule has 0 aliphatic carbocycles. The van der Waals surface area contributed by atoms with Gasteiger partial charge in [-0.1, -0.05) is 28.1 Å². The highest BCUT2D eigenvalue weighted by Gasteiger charge is 2.17. The standard InChI is InChI=1S/C19H19BrN4O2/c1-12-9-14(20)7-8-15(12)23-18(25)10-21-19(26)13(2)24-11-22-16-5-3-4-6-17(16)24/h3-9,11,13H,10H2,1-2H3,(H,21,26)(H,23,25). The van der Waals surface area contributed by atoms with E-state index >= 15 is 0 Å². The lowest BCUT2D eigenvalue weighted by Crippen LogP contribution is -2.36. The van der Waals surface area contributed by atoms with Crippen molar-refractivity contribution >= 4 is 44.5 Å². The molecule has 1 heterocycles. The summed E-state index contributed by atoms with van der Waals surface area (Å²) in [6.45, 7) is 3.59. The van der Waals surface area contributed by atoms with E-state index in [1.54, 1.807) is 17.8 Å². The highest BCUT2D eigenvalue weighted by atomic mass is 79.9. The molecule has 0 fully saturated rings. The number of halogens is 1. The molecular weight excluding hydrogens is 396 g/mol. The van der Waals surface area contributed by atoms with Gasteiger partial charge in [0.2, 0.25) is 11.8 Å². The number of fused-ring (bicyclic) bond motifs is 1. The number of carbonyl (C=O) groups is 2. The number of hydrogen-bond acceptors (Lipinski definition) is 3. The third-order valence-electron chi connectivity index (χ3n) is 4.16. The average Bonchev–Trinajstić information content (AvgIpc) is 3.05. The lowest BCUT2D eigenvalue weighted by atomic mass is 10.2. The molecule has 1 unspecified atom stereocenters. The van der Waals surface area contributed by atoms with E-state index in [1.165, 1.54) is 0 Å². The predicted octanol–water partition coefficient (Wildman–Crippen LogP) is 3.42. The third-order valence-corrected chi connectivity index (χ3v) is 4.66. The smallest absolute Gasteiger partial charge is 0.243 e. The molecule has 0 aliphatic rings. The SMILES string of the molecule is Cc1cc(Br)ccc1NC(=O)CNC(=O)C(C)n1cnc2ccccc21. The van der Waals surface area contributed by atoms with Crippen molar-refractivity contribution in [2.24, 2.45) is 0 Å². The van der Waals surface area contributed by atoms with Gasteiger partial charge >= 0.3 is 0 Å². The molecule has 1 atom stereocenters. The number of imidazole rings is 1. The summed E-state index contributed by atoms with van der Waals surface area (Å²) in [6, 6.07) is 12.7. The minimum absolute atomic E-state index is 0.0920. The maximum atomic E-state index is 12.4. The maximum Gasteiger partial charge on any atom is 0.243 e. The largest absolute Gasteiger partial charge is 0.345 e. The number of aryl methyl sites for hydroxylation is 1. The lowest BCUT2D eigenvalue weighted by molar-refractivity contribution is -0.126. The number of nitrogens with zero attached hydrogens (tertiary/aromatic N) is 2. The van der Waals surface area contributed by atoms with Crippen LogP contribution in [0.2, 0.25) is 0 Å². The second kappa shape index (κ2) is 7.70. The Bertz CT molecular complexity index is 967. The van der Waals surface area contributed by atoms with Crippen molar-refractivity contribution in [3.05, 3.63) is 58.8 Å². The molecule has 134 valence electrons. The molecule has 0 spiro atoms. The summed E-state index contributed by atoms with van der Waals surface area (Å²) in [5.74, 6) is -0.512. The maximum absolute atomic E-state index is 12.4. The molecule has 7 heteroatoms. The molecule has 0 radical (unpaired) electrons. The minimum Gasteiger partial charge on any atom is -0.345 e. The summed E-state index contributed by atoms with van der Waals surface area (Å²) in [4.78, 5) is 28.8. The van der Waals surface area contributed by atoms with E-state index in [4.69, 9.17) is 0 Å². The van der Waals surface area contributed by atoms with Crippen LogP contribution in [0.15, 0.2) is 53.3 Å². The summed E-state index contributed by atoms with van der Waals surface area (Å²) >= 11 is 3.39. The van der Waals surface area contributed by atoms with Crippen molar-refractivity contribution in [1.29, 1.82) is 0 Å². The van der Waals surface area contributed by atoms with Crippen molar-refractivity contribution in [2.45, 2.75) is 19.9 Å². The fraction of sp³-hybridized carbons (Fsp3) is 0.211. The summed E-state index contributed by atoms with van der Waals surface area (Å²) in [5.41, 5.74) is 3.37. The Morgan fingerprint density at radius 1 is 1.23 bits per heavy atom. The van der Waals surface area contributed by atoms with Gasteiger partial charge in [-0.3, -0.25) is 9.59 Å². The van der Waals surface area contributed by atoms with Crippen LogP contribution < -0.4 is 10.6 Å². The molecule has 2 amide bonds. The van der Waals surface area contributed by atoms with Gasteiger partial charge in [0.15, 0.2) is 0 Å². The Labute approximate surface area is 159 Å². The van der Waals surface area contributed by atoms with Gasteiger partial charge in [-0.25, -0.2) is 4.98 Å². The zero-order valence-electron chi connectivity index (χ0n) is 14.5. The highest BCUT2D eigenvalue weighted by Crippen LogP contribution is 2.20. The van der Waals surface area contributed by atoms with E-state index in [9.17, 15) is 9.59 Å². The van der Waals surface area contributed by atoms with Crippen molar-refractivity contribution < 1.29 is 9.59 Å². The third kappa shape index (κ3) is 3.94. The minimum atomic E-state index is -0.468. The second-order valence-electron chi connectivity index (χ2n) is 6.04. The molecule has 2 N–H and O–H groups in total. The lowest BCUT2D eigenvalue weighted by Gasteiger charge is -2.15. The first kappa shape index (κ1) is 18.1. The zero-order valence-corrected chi connectivity index (χ0v) is 16.1. The number of carbonyl (C=O) groups excluding carboxylic acids is 2. The van der Waals surface area contributed by atoms with E-state index in [-0.39, 0.29) is 18.4 Å². The number of amides is 2. The van der Waals surface area contributed by atoms with Crippen molar-refractivity contribution in [3.8, 4) is 0 Å². The fourth-order valence-corrected chi connectivity index (χ4v) is 3.17. The van der Waals surface area contributed by atoms with Gasteiger partial charge in [0.1, 0.15) is 6.04 Å². The van der Waals surface area contributed by atoms with Crippen LogP contribution in [0.5, 0.6) is 0 Å². The molecular formula is C19H19BrN4O2. The zero-order chi connectivity index (χ0) is 18.7. The molecule has 3 rings (SSSR count). The van der Waals surface area contributed by atoms with Gasteiger partial charge in [0, 0.05) is 10.2 Å². The van der Waals surface area contributed by atoms with Crippen molar-refractivity contribution in [2.75, 3.05) is 11.9 Å². The Kier molecular flexibility index (Phi) is 5.37. The molecule has 3 aromatic rings. The summed E-state index contributed by atoms with van der Waals surface area (Å²) in [6.07, 6.45) is 1.64. The van der Waals surface area contributed by atoms with Crippen LogP contribution in [0.4, 0.5) is 5.69 Å². The average molecular weight is 415 g/mol. The van der Waals surface area contributed by atoms with E-state index < -0.39 is 6.04 Å². The molecule has 6 nitrogen and oxygen atoms in total. The molecule has 26 heavy (non-hydrogen) atoms. The molecule has 0 saturated carbocycles. The Morgan fingerprint density at radius 3 is 2.77 bits per heavy atom. The molecule has 0 bridgehead atoms. The van der Waals surface area contributed by atoms with Crippen LogP contribution in [0.1, 0.15) is 18.5 Å². The van der Waals surface area contributed by atoms with Crippen LogP contribution in [0.25, 0.3) is 11.0 Å². The first-order chi connectivity index (χ1) is 12.5. The van der Waals surface area contributed by atoms with E-state index in [2.05, 4.69) is 31.5 Å². The number of rotatable bonds is 5. The predicted molar refractivity (Wildman–Crippen MR) is 105 cm³/mol.